The molecule has 1 aliphatic heterocycles. The molecule has 5 atom stereocenters. The molecule has 3 aliphatic carbocycles. The Morgan fingerprint density at radius 1 is 0.971 bits per heavy atom. The Bertz CT molecular complexity index is 3190. The third-order valence-corrected chi connectivity index (χ3v) is 14.7. The van der Waals surface area contributed by atoms with Crippen molar-refractivity contribution in [1.29, 1.82) is 0 Å². The van der Waals surface area contributed by atoms with Crippen LogP contribution in [0.2, 0.25) is 5.02 Å². The lowest BCUT2D eigenvalue weighted by Crippen LogP contribution is -2.45. The number of hydrogen-bond acceptors (Lipinski definition) is 10. The standard InChI is InChI=1S/C43H39ClF8N10O5S/c1-18-14-59(15-19(2)67-18)31-8-5-24-39(54-31)55-41(62(42(24)64)29-7-6-27(44)34-36(29)60(16-30(47)48)57-40(34)58-68(65,66)23-3-4-23)28(11-20-9-21(45)12-22(46)10-20)53-32(63)17-61-37-33(35(56-61)38(49)50)25-13-26(25)43(37,51)52/h5-10,12,18-19,23,25-26,28,30,38H,3-4,11,13-17H2,1-2H3,(H,53,63)(H,57,58)/t18-,19+,25-,26+,28-/m0/s1. The van der Waals surface area contributed by atoms with E-state index >= 15 is 13.6 Å². The SMILES string of the molecule is C[C@@H]1CN(c2ccc3c(=O)n(-c4ccc(Cl)c5c(NS(=O)(=O)C6CC6)nn(CC(F)F)c45)c([C@H](Cc4cc(F)cc(F)c4)NC(=O)Cn4nc(C(F)F)c5c4C(F)(F)[C@@H]4C[C@H]54)nc3n2)C[C@H](C)O1. The maximum Gasteiger partial charge on any atom is 0.293 e. The highest BCUT2D eigenvalue weighted by molar-refractivity contribution is 7.93. The fraction of sp³-hybridized carbons (Fsp3) is 0.442. The predicted octanol–water partition coefficient (Wildman–Crippen LogP) is 7.29. The van der Waals surface area contributed by atoms with Crippen LogP contribution < -0.4 is 20.5 Å². The molecule has 6 aromatic rings. The van der Waals surface area contributed by atoms with Crippen molar-refractivity contribution >= 4 is 61.1 Å². The molecule has 0 bridgehead atoms. The molecule has 1 amide bonds. The molecule has 360 valence electrons. The summed E-state index contributed by atoms with van der Waals surface area (Å²) in [5.74, 6) is -9.51. The highest BCUT2D eigenvalue weighted by atomic mass is 35.5. The van der Waals surface area contributed by atoms with Crippen LogP contribution in [0, 0.1) is 17.6 Å². The molecule has 15 nitrogen and oxygen atoms in total. The molecular weight excluding hydrogens is 956 g/mol. The van der Waals surface area contributed by atoms with Gasteiger partial charge in [-0.1, -0.05) is 11.6 Å². The summed E-state index contributed by atoms with van der Waals surface area (Å²) in [5, 5.41) is 9.18. The second-order valence-electron chi connectivity index (χ2n) is 17.7. The molecule has 68 heavy (non-hydrogen) atoms. The van der Waals surface area contributed by atoms with Crippen LogP contribution in [-0.2, 0) is 45.0 Å². The first-order valence-electron chi connectivity index (χ1n) is 21.5. The molecule has 0 radical (unpaired) electrons. The quantitative estimate of drug-likeness (QED) is 0.106. The van der Waals surface area contributed by atoms with E-state index in [1.165, 1.54) is 18.2 Å². The van der Waals surface area contributed by atoms with Crippen LogP contribution in [0.4, 0.5) is 46.8 Å². The summed E-state index contributed by atoms with van der Waals surface area (Å²) in [6.07, 6.45) is -6.80. The lowest BCUT2D eigenvalue weighted by molar-refractivity contribution is -0.123. The van der Waals surface area contributed by atoms with Crippen molar-refractivity contribution in [2.75, 3.05) is 22.7 Å². The molecule has 2 N–H and O–H groups in total. The molecule has 2 saturated carbocycles. The minimum absolute atomic E-state index is 0.0452. The highest BCUT2D eigenvalue weighted by Gasteiger charge is 2.67. The number of carbonyl (C=O) groups is 1. The number of ether oxygens (including phenoxy) is 1. The Balaban J connectivity index is 1.18. The van der Waals surface area contributed by atoms with Gasteiger partial charge in [0.1, 0.15) is 47.8 Å². The fourth-order valence-electron chi connectivity index (χ4n) is 9.58. The topological polar surface area (TPSA) is 171 Å². The van der Waals surface area contributed by atoms with E-state index in [1.54, 1.807) is 6.07 Å². The third-order valence-electron chi connectivity index (χ3n) is 12.5. The Kier molecular flexibility index (Phi) is 11.2. The van der Waals surface area contributed by atoms with E-state index in [0.717, 1.165) is 21.4 Å². The van der Waals surface area contributed by atoms with Crippen molar-refractivity contribution < 1.29 is 53.1 Å². The average molecular weight is 995 g/mol. The summed E-state index contributed by atoms with van der Waals surface area (Å²) in [4.78, 5) is 40.8. The number of aromatic nitrogens is 7. The van der Waals surface area contributed by atoms with Crippen molar-refractivity contribution in [3.05, 3.63) is 97.8 Å². The lowest BCUT2D eigenvalue weighted by Gasteiger charge is -2.36. The van der Waals surface area contributed by atoms with Crippen LogP contribution in [0.25, 0.3) is 27.6 Å². The molecule has 4 aliphatic rings. The average Bonchev–Trinajstić information content (AvgIpc) is 4.17. The Hall–Kier alpha value is -5.88. The monoisotopic (exact) mass is 994 g/mol. The molecular formula is C43H39ClF8N10O5S. The van der Waals surface area contributed by atoms with Crippen LogP contribution in [0.3, 0.4) is 0 Å². The minimum Gasteiger partial charge on any atom is -0.372 e. The molecule has 2 aromatic carbocycles. The number of hydrogen-bond donors (Lipinski definition) is 2. The molecule has 4 aromatic heterocycles. The number of morpholine rings is 1. The molecule has 5 heterocycles. The number of pyridine rings is 1. The van der Waals surface area contributed by atoms with Crippen molar-refractivity contribution in [3.8, 4) is 5.69 Å². The molecule has 10 rings (SSSR count). The van der Waals surface area contributed by atoms with Crippen LogP contribution in [0.15, 0.2) is 47.3 Å². The van der Waals surface area contributed by atoms with Crippen molar-refractivity contribution in [2.24, 2.45) is 5.92 Å². The van der Waals surface area contributed by atoms with Gasteiger partial charge in [-0.15, -0.1) is 0 Å². The van der Waals surface area contributed by atoms with E-state index in [2.05, 4.69) is 20.2 Å². The Morgan fingerprint density at radius 3 is 2.34 bits per heavy atom. The fourth-order valence-corrected chi connectivity index (χ4v) is 11.2. The minimum atomic E-state index is -4.09. The highest BCUT2D eigenvalue weighted by Crippen LogP contribution is 2.68. The number of halogens is 9. The summed E-state index contributed by atoms with van der Waals surface area (Å²) in [7, 11) is -4.09. The zero-order chi connectivity index (χ0) is 48.3. The number of nitrogens with one attached hydrogen (secondary N) is 2. The van der Waals surface area contributed by atoms with E-state index in [4.69, 9.17) is 26.3 Å². The van der Waals surface area contributed by atoms with Crippen molar-refractivity contribution in [2.45, 2.75) is 101 Å². The number of rotatable bonds is 14. The summed E-state index contributed by atoms with van der Waals surface area (Å²) in [6, 6.07) is 6.16. The number of alkyl halides is 6. The van der Waals surface area contributed by atoms with E-state index in [1.807, 2.05) is 18.7 Å². The van der Waals surface area contributed by atoms with Crippen molar-refractivity contribution in [1.82, 2.24) is 39.4 Å². The second-order valence-corrected chi connectivity index (χ2v) is 20.0. The van der Waals surface area contributed by atoms with E-state index in [0.29, 0.717) is 42.5 Å². The zero-order valence-electron chi connectivity index (χ0n) is 35.7. The van der Waals surface area contributed by atoms with E-state index < -0.39 is 118 Å². The number of anilines is 2. The van der Waals surface area contributed by atoms with Crippen LogP contribution >= 0.6 is 11.6 Å². The smallest absolute Gasteiger partial charge is 0.293 e. The van der Waals surface area contributed by atoms with Crippen LogP contribution in [0.1, 0.15) is 79.8 Å². The number of fused-ring (bicyclic) bond motifs is 5. The summed E-state index contributed by atoms with van der Waals surface area (Å²) in [5.41, 5.74) is -3.94. The number of benzene rings is 2. The second kappa shape index (κ2) is 16.7. The normalized spacial score (nSPS) is 21.5. The van der Waals surface area contributed by atoms with Crippen LogP contribution in [0.5, 0.6) is 0 Å². The number of sulfonamides is 1. The molecule has 3 fully saturated rings. The number of amides is 1. The zero-order valence-corrected chi connectivity index (χ0v) is 37.3. The van der Waals surface area contributed by atoms with Gasteiger partial charge in [0.15, 0.2) is 11.5 Å². The Morgan fingerprint density at radius 2 is 1.68 bits per heavy atom. The molecule has 0 unspecified atom stereocenters. The third kappa shape index (κ3) is 8.20. The van der Waals surface area contributed by atoms with Gasteiger partial charge in [0.05, 0.1) is 50.5 Å². The van der Waals surface area contributed by atoms with Gasteiger partial charge in [-0.05, 0) is 81.0 Å². The van der Waals surface area contributed by atoms with Gasteiger partial charge in [0.2, 0.25) is 15.9 Å². The first-order chi connectivity index (χ1) is 32.2. The predicted molar refractivity (Wildman–Crippen MR) is 230 cm³/mol. The number of carbonyl (C=O) groups excluding carboxylic acids is 1. The molecule has 0 spiro atoms. The van der Waals surface area contributed by atoms with Crippen molar-refractivity contribution in [3.63, 3.8) is 0 Å². The van der Waals surface area contributed by atoms with Gasteiger partial charge in [0.25, 0.3) is 24.3 Å². The van der Waals surface area contributed by atoms with Crippen LogP contribution in [-0.4, -0.2) is 85.4 Å². The van der Waals surface area contributed by atoms with Gasteiger partial charge >= 0.3 is 0 Å². The van der Waals surface area contributed by atoms with Gasteiger partial charge in [-0.2, -0.15) is 19.0 Å². The van der Waals surface area contributed by atoms with Gasteiger partial charge in [0, 0.05) is 37.1 Å². The first-order valence-corrected chi connectivity index (χ1v) is 23.5. The molecule has 1 saturated heterocycles. The summed E-state index contributed by atoms with van der Waals surface area (Å²) < 4.78 is 155. The Labute approximate surface area is 385 Å². The van der Waals surface area contributed by atoms with E-state index in [9.17, 15) is 39.6 Å². The van der Waals surface area contributed by atoms with Gasteiger partial charge in [-0.25, -0.2) is 44.7 Å². The summed E-state index contributed by atoms with van der Waals surface area (Å²) in [6.45, 7) is 2.25. The first kappa shape index (κ1) is 45.9. The molecule has 25 heteroatoms. The summed E-state index contributed by atoms with van der Waals surface area (Å²) >= 11 is 6.68. The van der Waals surface area contributed by atoms with Gasteiger partial charge < -0.3 is 15.0 Å². The van der Waals surface area contributed by atoms with E-state index in [-0.39, 0.29) is 62.4 Å². The lowest BCUT2D eigenvalue weighted by atomic mass is 10.0. The maximum absolute atomic E-state index is 15.6. The van der Waals surface area contributed by atoms with Gasteiger partial charge in [-0.3, -0.25) is 28.2 Å². The largest absolute Gasteiger partial charge is 0.372 e. The maximum atomic E-state index is 15.6. The number of nitrogens with zero attached hydrogens (tertiary/aromatic N) is 8.